The molecular weight excluding hydrogens is 300 g/mol. The molecule has 1 aliphatic rings. The summed E-state index contributed by atoms with van der Waals surface area (Å²) in [6, 6.07) is 8.40. The molecule has 0 radical (unpaired) electrons. The van der Waals surface area contributed by atoms with E-state index in [1.807, 2.05) is 6.20 Å². The van der Waals surface area contributed by atoms with Crippen LogP contribution >= 0.6 is 15.9 Å². The van der Waals surface area contributed by atoms with E-state index in [0.29, 0.717) is 0 Å². The summed E-state index contributed by atoms with van der Waals surface area (Å²) in [4.78, 5) is 4.52. The summed E-state index contributed by atoms with van der Waals surface area (Å²) in [6.45, 7) is 1.03. The zero-order valence-corrected chi connectivity index (χ0v) is 12.4. The molecule has 0 bridgehead atoms. The number of aromatic nitrogens is 1. The molecule has 0 saturated carbocycles. The van der Waals surface area contributed by atoms with Gasteiger partial charge in [0.05, 0.1) is 11.2 Å². The highest BCUT2D eigenvalue weighted by molar-refractivity contribution is 9.10. The minimum absolute atomic E-state index is 0.746. The molecule has 0 aliphatic heterocycles. The second-order valence-corrected chi connectivity index (χ2v) is 5.98. The molecule has 0 fully saturated rings. The highest BCUT2D eigenvalue weighted by Gasteiger charge is 2.10. The minimum Gasteiger partial charge on any atom is -0.383 e. The topological polar surface area (TPSA) is 24.9 Å². The van der Waals surface area contributed by atoms with Crippen LogP contribution in [0.5, 0.6) is 0 Å². The lowest BCUT2D eigenvalue weighted by Crippen LogP contribution is -2.15. The number of para-hydroxylation sites is 1. The molecular formula is C16H17BrN2. The molecule has 98 valence electrons. The van der Waals surface area contributed by atoms with Crippen molar-refractivity contribution in [2.75, 3.05) is 11.9 Å². The van der Waals surface area contributed by atoms with E-state index in [-0.39, 0.29) is 0 Å². The number of pyridine rings is 1. The molecule has 1 unspecified atom stereocenters. The van der Waals surface area contributed by atoms with Gasteiger partial charge < -0.3 is 5.32 Å². The first-order chi connectivity index (χ1) is 9.33. The van der Waals surface area contributed by atoms with Crippen molar-refractivity contribution in [3.63, 3.8) is 0 Å². The summed E-state index contributed by atoms with van der Waals surface area (Å²) in [5.74, 6) is 0.746. The van der Waals surface area contributed by atoms with E-state index in [2.05, 4.69) is 62.6 Å². The Morgan fingerprint density at radius 1 is 1.32 bits per heavy atom. The Balaban J connectivity index is 1.78. The molecule has 3 rings (SSSR count). The van der Waals surface area contributed by atoms with Gasteiger partial charge in [0.1, 0.15) is 0 Å². The van der Waals surface area contributed by atoms with E-state index in [9.17, 15) is 0 Å². The van der Waals surface area contributed by atoms with Crippen LogP contribution in [-0.2, 0) is 0 Å². The van der Waals surface area contributed by atoms with Gasteiger partial charge in [-0.25, -0.2) is 0 Å². The highest BCUT2D eigenvalue weighted by atomic mass is 79.9. The summed E-state index contributed by atoms with van der Waals surface area (Å²) >= 11 is 3.47. The van der Waals surface area contributed by atoms with Crippen molar-refractivity contribution in [2.45, 2.75) is 19.3 Å². The second-order valence-electron chi connectivity index (χ2n) is 5.06. The number of allylic oxidation sites excluding steroid dienone is 2. The summed E-state index contributed by atoms with van der Waals surface area (Å²) in [5.41, 5.74) is 2.19. The molecule has 0 spiro atoms. The highest BCUT2D eigenvalue weighted by Crippen LogP contribution is 2.25. The largest absolute Gasteiger partial charge is 0.383 e. The third kappa shape index (κ3) is 2.98. The molecule has 2 aromatic rings. The minimum atomic E-state index is 0.746. The van der Waals surface area contributed by atoms with Gasteiger partial charge >= 0.3 is 0 Å². The number of fused-ring (bicyclic) bond motifs is 1. The fraction of sp³-hybridized carbons (Fsp3) is 0.312. The summed E-state index contributed by atoms with van der Waals surface area (Å²) in [6.07, 6.45) is 10.1. The van der Waals surface area contributed by atoms with Crippen LogP contribution < -0.4 is 5.32 Å². The van der Waals surface area contributed by atoms with Crippen molar-refractivity contribution in [1.29, 1.82) is 0 Å². The molecule has 1 aliphatic carbocycles. The number of anilines is 1. The number of rotatable bonds is 3. The molecule has 1 heterocycles. The maximum absolute atomic E-state index is 4.52. The van der Waals surface area contributed by atoms with E-state index in [4.69, 9.17) is 0 Å². The van der Waals surface area contributed by atoms with Crippen LogP contribution in [0, 0.1) is 5.92 Å². The van der Waals surface area contributed by atoms with Gasteiger partial charge in [0.15, 0.2) is 0 Å². The average molecular weight is 317 g/mol. The molecule has 2 nitrogen and oxygen atoms in total. The van der Waals surface area contributed by atoms with Crippen LogP contribution in [-0.4, -0.2) is 11.5 Å². The Labute approximate surface area is 122 Å². The second kappa shape index (κ2) is 5.74. The SMILES string of the molecule is Brc1cnc2c(NCC3CC=CCC3)cccc2c1. The molecule has 0 amide bonds. The fourth-order valence-corrected chi connectivity index (χ4v) is 2.92. The molecule has 1 aromatic heterocycles. The van der Waals surface area contributed by atoms with Crippen LogP contribution in [0.2, 0.25) is 0 Å². The summed E-state index contributed by atoms with van der Waals surface area (Å²) in [5, 5.41) is 4.73. The Kier molecular flexibility index (Phi) is 3.83. The predicted octanol–water partition coefficient (Wildman–Crippen LogP) is 4.77. The van der Waals surface area contributed by atoms with E-state index in [1.165, 1.54) is 24.6 Å². The van der Waals surface area contributed by atoms with Gasteiger partial charge in [0.2, 0.25) is 0 Å². The molecule has 3 heteroatoms. The van der Waals surface area contributed by atoms with Crippen LogP contribution in [0.4, 0.5) is 5.69 Å². The third-order valence-electron chi connectivity index (χ3n) is 3.64. The standard InChI is InChI=1S/C16H17BrN2/c17-14-9-13-7-4-8-15(16(13)19-11-14)18-10-12-5-2-1-3-6-12/h1-2,4,7-9,11-12,18H,3,5-6,10H2. The zero-order valence-electron chi connectivity index (χ0n) is 10.8. The average Bonchev–Trinajstić information content (AvgIpc) is 2.45. The first kappa shape index (κ1) is 12.7. The van der Waals surface area contributed by atoms with Crippen molar-refractivity contribution in [1.82, 2.24) is 4.98 Å². The lowest BCUT2D eigenvalue weighted by molar-refractivity contribution is 0.504. The van der Waals surface area contributed by atoms with Crippen LogP contribution in [0.1, 0.15) is 19.3 Å². The lowest BCUT2D eigenvalue weighted by Gasteiger charge is -2.19. The maximum atomic E-state index is 4.52. The molecule has 1 aromatic carbocycles. The third-order valence-corrected chi connectivity index (χ3v) is 4.07. The number of halogens is 1. The van der Waals surface area contributed by atoms with Crippen molar-refractivity contribution in [2.24, 2.45) is 5.92 Å². The normalized spacial score (nSPS) is 18.7. The summed E-state index contributed by atoms with van der Waals surface area (Å²) < 4.78 is 1.02. The number of nitrogens with zero attached hydrogens (tertiary/aromatic N) is 1. The monoisotopic (exact) mass is 316 g/mol. The van der Waals surface area contributed by atoms with Crippen LogP contribution in [0.3, 0.4) is 0 Å². The Morgan fingerprint density at radius 3 is 3.11 bits per heavy atom. The first-order valence-electron chi connectivity index (χ1n) is 6.76. The smallest absolute Gasteiger partial charge is 0.0934 e. The predicted molar refractivity (Wildman–Crippen MR) is 84.4 cm³/mol. The fourth-order valence-electron chi connectivity index (χ4n) is 2.57. The maximum Gasteiger partial charge on any atom is 0.0934 e. The summed E-state index contributed by atoms with van der Waals surface area (Å²) in [7, 11) is 0. The van der Waals surface area contributed by atoms with Crippen LogP contribution in [0.25, 0.3) is 10.9 Å². The lowest BCUT2D eigenvalue weighted by atomic mass is 9.94. The van der Waals surface area contributed by atoms with E-state index < -0.39 is 0 Å². The van der Waals surface area contributed by atoms with Gasteiger partial charge in [-0.15, -0.1) is 0 Å². The molecule has 19 heavy (non-hydrogen) atoms. The van der Waals surface area contributed by atoms with E-state index in [1.54, 1.807) is 0 Å². The number of nitrogens with one attached hydrogen (secondary N) is 1. The number of hydrogen-bond donors (Lipinski definition) is 1. The quantitative estimate of drug-likeness (QED) is 0.825. The van der Waals surface area contributed by atoms with Gasteiger partial charge in [-0.05, 0) is 53.2 Å². The molecule has 0 saturated heterocycles. The van der Waals surface area contributed by atoms with Gasteiger partial charge in [0, 0.05) is 22.6 Å². The van der Waals surface area contributed by atoms with Crippen molar-refractivity contribution in [3.05, 3.63) is 47.1 Å². The molecule has 1 atom stereocenters. The van der Waals surface area contributed by atoms with Gasteiger partial charge in [-0.3, -0.25) is 4.98 Å². The Bertz CT molecular complexity index is 607. The van der Waals surface area contributed by atoms with Crippen molar-refractivity contribution >= 4 is 32.5 Å². The van der Waals surface area contributed by atoms with Gasteiger partial charge in [-0.2, -0.15) is 0 Å². The van der Waals surface area contributed by atoms with Crippen molar-refractivity contribution in [3.8, 4) is 0 Å². The Morgan fingerprint density at radius 2 is 2.26 bits per heavy atom. The van der Waals surface area contributed by atoms with Crippen molar-refractivity contribution < 1.29 is 0 Å². The Hall–Kier alpha value is -1.35. The van der Waals surface area contributed by atoms with Gasteiger partial charge in [0.25, 0.3) is 0 Å². The zero-order chi connectivity index (χ0) is 13.1. The van der Waals surface area contributed by atoms with Crippen LogP contribution in [0.15, 0.2) is 47.1 Å². The van der Waals surface area contributed by atoms with E-state index >= 15 is 0 Å². The van der Waals surface area contributed by atoms with Gasteiger partial charge in [-0.1, -0.05) is 24.3 Å². The molecule has 1 N–H and O–H groups in total. The number of benzene rings is 1. The first-order valence-corrected chi connectivity index (χ1v) is 7.55. The number of hydrogen-bond acceptors (Lipinski definition) is 2. The van der Waals surface area contributed by atoms with E-state index in [0.717, 1.165) is 28.1 Å².